The summed E-state index contributed by atoms with van der Waals surface area (Å²) < 4.78 is 8.08. The van der Waals surface area contributed by atoms with Crippen molar-refractivity contribution in [2.75, 3.05) is 12.0 Å². The van der Waals surface area contributed by atoms with Gasteiger partial charge in [-0.3, -0.25) is 14.9 Å². The van der Waals surface area contributed by atoms with Crippen LogP contribution in [0.3, 0.4) is 0 Å². The number of ether oxygens (including phenoxy) is 1. The summed E-state index contributed by atoms with van der Waals surface area (Å²) in [6.45, 7) is 3.85. The molecule has 1 heterocycles. The zero-order chi connectivity index (χ0) is 13.8. The minimum atomic E-state index is -0.192. The van der Waals surface area contributed by atoms with E-state index >= 15 is 0 Å². The second-order valence-corrected chi connectivity index (χ2v) is 5.15. The van der Waals surface area contributed by atoms with Crippen molar-refractivity contribution in [3.05, 3.63) is 52.3 Å². The largest absolute Gasteiger partial charge is 0.484 e. The van der Waals surface area contributed by atoms with Crippen molar-refractivity contribution >= 4 is 21.8 Å². The van der Waals surface area contributed by atoms with Crippen LogP contribution < -0.4 is 10.2 Å². The standard InChI is InChI=1S/C14H15BrN2O2/c1-10-6-7-11(2)17(10)16-14(18)9-19-13-5-3-4-12(15)8-13/h3-8H,9H2,1-2H3,(H,16,18). The monoisotopic (exact) mass is 322 g/mol. The summed E-state index contributed by atoms with van der Waals surface area (Å²) >= 11 is 3.35. The van der Waals surface area contributed by atoms with E-state index in [4.69, 9.17) is 4.74 Å². The fourth-order valence-electron chi connectivity index (χ4n) is 1.71. The minimum absolute atomic E-state index is 0.0203. The van der Waals surface area contributed by atoms with E-state index in [1.54, 1.807) is 4.68 Å². The Labute approximate surface area is 120 Å². The number of halogens is 1. The Morgan fingerprint density at radius 3 is 2.58 bits per heavy atom. The Bertz CT molecular complexity index is 573. The van der Waals surface area contributed by atoms with Gasteiger partial charge in [0, 0.05) is 15.9 Å². The number of nitrogens with one attached hydrogen (secondary N) is 1. The maximum atomic E-state index is 11.8. The molecule has 0 unspecified atom stereocenters. The van der Waals surface area contributed by atoms with E-state index in [9.17, 15) is 4.79 Å². The van der Waals surface area contributed by atoms with Crippen LogP contribution in [0.1, 0.15) is 11.4 Å². The number of aryl methyl sites for hydroxylation is 2. The lowest BCUT2D eigenvalue weighted by Crippen LogP contribution is -2.29. The summed E-state index contributed by atoms with van der Waals surface area (Å²) in [6, 6.07) is 11.3. The van der Waals surface area contributed by atoms with Gasteiger partial charge in [-0.15, -0.1) is 0 Å². The van der Waals surface area contributed by atoms with Gasteiger partial charge in [-0.2, -0.15) is 0 Å². The lowest BCUT2D eigenvalue weighted by Gasteiger charge is -2.12. The predicted molar refractivity (Wildman–Crippen MR) is 77.9 cm³/mol. The van der Waals surface area contributed by atoms with E-state index in [0.29, 0.717) is 5.75 Å². The van der Waals surface area contributed by atoms with Gasteiger partial charge < -0.3 is 4.74 Å². The van der Waals surface area contributed by atoms with Crippen molar-refractivity contribution < 1.29 is 9.53 Å². The molecule has 100 valence electrons. The Morgan fingerprint density at radius 1 is 1.26 bits per heavy atom. The molecule has 0 spiro atoms. The summed E-state index contributed by atoms with van der Waals surface area (Å²) in [5.74, 6) is 0.466. The summed E-state index contributed by atoms with van der Waals surface area (Å²) in [4.78, 5) is 11.8. The molecule has 1 aromatic heterocycles. The quantitative estimate of drug-likeness (QED) is 0.940. The zero-order valence-electron chi connectivity index (χ0n) is 10.8. The van der Waals surface area contributed by atoms with E-state index < -0.39 is 0 Å². The molecule has 0 radical (unpaired) electrons. The van der Waals surface area contributed by atoms with Crippen molar-refractivity contribution in [2.24, 2.45) is 0 Å². The highest BCUT2D eigenvalue weighted by molar-refractivity contribution is 9.10. The molecule has 0 bridgehead atoms. The topological polar surface area (TPSA) is 43.3 Å². The van der Waals surface area contributed by atoms with Gasteiger partial charge in [0.2, 0.25) is 0 Å². The van der Waals surface area contributed by atoms with E-state index in [1.807, 2.05) is 50.2 Å². The highest BCUT2D eigenvalue weighted by atomic mass is 79.9. The summed E-state index contributed by atoms with van der Waals surface area (Å²) in [7, 11) is 0. The van der Waals surface area contributed by atoms with Crippen molar-refractivity contribution in [1.82, 2.24) is 4.68 Å². The van der Waals surface area contributed by atoms with Gasteiger partial charge in [0.15, 0.2) is 6.61 Å². The lowest BCUT2D eigenvalue weighted by atomic mass is 10.3. The molecule has 0 aliphatic carbocycles. The van der Waals surface area contributed by atoms with E-state index in [1.165, 1.54) is 0 Å². The fourth-order valence-corrected chi connectivity index (χ4v) is 2.09. The Hall–Kier alpha value is -1.75. The van der Waals surface area contributed by atoms with Crippen LogP contribution in [0.15, 0.2) is 40.9 Å². The van der Waals surface area contributed by atoms with Gasteiger partial charge in [-0.05, 0) is 44.2 Å². The molecule has 1 N–H and O–H groups in total. The second kappa shape index (κ2) is 5.93. The smallest absolute Gasteiger partial charge is 0.276 e. The van der Waals surface area contributed by atoms with Crippen LogP contribution in [-0.2, 0) is 4.79 Å². The maximum absolute atomic E-state index is 11.8. The molecule has 0 atom stereocenters. The first-order valence-electron chi connectivity index (χ1n) is 5.89. The van der Waals surface area contributed by atoms with Crippen LogP contribution in [0, 0.1) is 13.8 Å². The third kappa shape index (κ3) is 3.61. The van der Waals surface area contributed by atoms with Gasteiger partial charge in [0.1, 0.15) is 5.75 Å². The van der Waals surface area contributed by atoms with Gasteiger partial charge in [0.05, 0.1) is 0 Å². The molecule has 0 saturated heterocycles. The highest BCUT2D eigenvalue weighted by Gasteiger charge is 2.07. The molecule has 1 aromatic carbocycles. The molecule has 2 aromatic rings. The lowest BCUT2D eigenvalue weighted by molar-refractivity contribution is -0.119. The number of amides is 1. The maximum Gasteiger partial charge on any atom is 0.276 e. The van der Waals surface area contributed by atoms with Crippen LogP contribution in [0.25, 0.3) is 0 Å². The van der Waals surface area contributed by atoms with Gasteiger partial charge in [-0.25, -0.2) is 0 Å². The average molecular weight is 323 g/mol. The molecule has 2 rings (SSSR count). The normalized spacial score (nSPS) is 10.3. The molecular formula is C14H15BrN2O2. The third-order valence-electron chi connectivity index (χ3n) is 2.67. The molecule has 0 saturated carbocycles. The number of rotatable bonds is 4. The Balaban J connectivity index is 1.92. The number of carbonyl (C=O) groups excluding carboxylic acids is 1. The second-order valence-electron chi connectivity index (χ2n) is 4.23. The number of benzene rings is 1. The van der Waals surface area contributed by atoms with Crippen LogP contribution in [0.4, 0.5) is 0 Å². The molecule has 19 heavy (non-hydrogen) atoms. The Morgan fingerprint density at radius 2 is 1.95 bits per heavy atom. The molecule has 0 fully saturated rings. The van der Waals surface area contributed by atoms with Crippen molar-refractivity contribution in [2.45, 2.75) is 13.8 Å². The number of carbonyl (C=O) groups is 1. The molecule has 0 aliphatic rings. The van der Waals surface area contributed by atoms with Crippen molar-refractivity contribution in [3.8, 4) is 5.75 Å². The Kier molecular flexibility index (Phi) is 4.27. The van der Waals surface area contributed by atoms with E-state index in [2.05, 4.69) is 21.4 Å². The SMILES string of the molecule is Cc1ccc(C)n1NC(=O)COc1cccc(Br)c1. The van der Waals surface area contributed by atoms with Gasteiger partial charge >= 0.3 is 0 Å². The summed E-state index contributed by atoms with van der Waals surface area (Å²) in [6.07, 6.45) is 0. The molecule has 1 amide bonds. The first kappa shape index (κ1) is 13.7. The average Bonchev–Trinajstić information content (AvgIpc) is 2.68. The first-order valence-corrected chi connectivity index (χ1v) is 6.69. The van der Waals surface area contributed by atoms with Crippen LogP contribution in [-0.4, -0.2) is 17.2 Å². The van der Waals surface area contributed by atoms with Gasteiger partial charge in [0.25, 0.3) is 5.91 Å². The van der Waals surface area contributed by atoms with Crippen LogP contribution >= 0.6 is 15.9 Å². The van der Waals surface area contributed by atoms with Crippen molar-refractivity contribution in [3.63, 3.8) is 0 Å². The molecule has 5 heteroatoms. The molecular weight excluding hydrogens is 308 g/mol. The minimum Gasteiger partial charge on any atom is -0.484 e. The zero-order valence-corrected chi connectivity index (χ0v) is 12.4. The number of hydrogen-bond acceptors (Lipinski definition) is 2. The third-order valence-corrected chi connectivity index (χ3v) is 3.17. The fraction of sp³-hybridized carbons (Fsp3) is 0.214. The molecule has 4 nitrogen and oxygen atoms in total. The first-order chi connectivity index (χ1) is 9.06. The number of nitrogens with zero attached hydrogens (tertiary/aromatic N) is 1. The number of aromatic nitrogens is 1. The van der Waals surface area contributed by atoms with Crippen LogP contribution in [0.5, 0.6) is 5.75 Å². The predicted octanol–water partition coefficient (Wildman–Crippen LogP) is 3.02. The summed E-state index contributed by atoms with van der Waals surface area (Å²) in [5.41, 5.74) is 4.74. The van der Waals surface area contributed by atoms with Crippen molar-refractivity contribution in [1.29, 1.82) is 0 Å². The summed E-state index contributed by atoms with van der Waals surface area (Å²) in [5, 5.41) is 0. The van der Waals surface area contributed by atoms with E-state index in [0.717, 1.165) is 15.9 Å². The van der Waals surface area contributed by atoms with E-state index in [-0.39, 0.29) is 12.5 Å². The van der Waals surface area contributed by atoms with Crippen LogP contribution in [0.2, 0.25) is 0 Å². The molecule has 0 aliphatic heterocycles. The highest BCUT2D eigenvalue weighted by Crippen LogP contribution is 2.17. The number of hydrogen-bond donors (Lipinski definition) is 1. The van der Waals surface area contributed by atoms with Gasteiger partial charge in [-0.1, -0.05) is 22.0 Å².